The predicted molar refractivity (Wildman–Crippen MR) is 97.9 cm³/mol. The molecule has 6 heteroatoms. The predicted octanol–water partition coefficient (Wildman–Crippen LogP) is 3.03. The molecule has 1 amide bonds. The number of sulfonamides is 1. The minimum Gasteiger partial charge on any atom is -0.349 e. The maximum Gasteiger partial charge on any atom is 0.251 e. The van der Waals surface area contributed by atoms with Gasteiger partial charge in [0.2, 0.25) is 10.0 Å². The van der Waals surface area contributed by atoms with Crippen LogP contribution < -0.4 is 5.32 Å². The molecule has 2 fully saturated rings. The van der Waals surface area contributed by atoms with Crippen molar-refractivity contribution in [2.75, 3.05) is 13.1 Å². The monoisotopic (exact) mass is 364 g/mol. The molecule has 1 heterocycles. The highest BCUT2D eigenvalue weighted by molar-refractivity contribution is 7.89. The van der Waals surface area contributed by atoms with E-state index >= 15 is 0 Å². The van der Waals surface area contributed by atoms with Crippen LogP contribution in [0.15, 0.2) is 29.2 Å². The zero-order valence-electron chi connectivity index (χ0n) is 15.1. The van der Waals surface area contributed by atoms with Gasteiger partial charge < -0.3 is 5.32 Å². The molecular formula is C19H28N2O3S. The van der Waals surface area contributed by atoms with Crippen molar-refractivity contribution < 1.29 is 13.2 Å². The fourth-order valence-electron chi connectivity index (χ4n) is 3.89. The first kappa shape index (κ1) is 18.4. The lowest BCUT2D eigenvalue weighted by Gasteiger charge is -2.34. The second-order valence-corrected chi connectivity index (χ2v) is 9.42. The van der Waals surface area contributed by atoms with Crippen LogP contribution in [0.2, 0.25) is 0 Å². The van der Waals surface area contributed by atoms with Gasteiger partial charge in [-0.2, -0.15) is 4.31 Å². The van der Waals surface area contributed by atoms with E-state index in [-0.39, 0.29) is 16.8 Å². The van der Waals surface area contributed by atoms with Crippen LogP contribution in [0.3, 0.4) is 0 Å². The second-order valence-electron chi connectivity index (χ2n) is 7.48. The lowest BCUT2D eigenvalue weighted by Crippen LogP contribution is -2.43. The molecule has 1 saturated heterocycles. The fourth-order valence-corrected chi connectivity index (χ4v) is 5.41. The molecular weight excluding hydrogens is 336 g/mol. The van der Waals surface area contributed by atoms with E-state index in [1.165, 1.54) is 10.7 Å². The Hall–Kier alpha value is -1.40. The Morgan fingerprint density at radius 1 is 1.04 bits per heavy atom. The maximum atomic E-state index is 12.5. The topological polar surface area (TPSA) is 66.5 Å². The highest BCUT2D eigenvalue weighted by atomic mass is 32.2. The normalized spacial score (nSPS) is 28.0. The zero-order chi connectivity index (χ0) is 18.0. The first-order valence-corrected chi connectivity index (χ1v) is 10.7. The summed E-state index contributed by atoms with van der Waals surface area (Å²) in [6.45, 7) is 5.60. The molecule has 0 bridgehead atoms. The van der Waals surface area contributed by atoms with Crippen molar-refractivity contribution in [2.24, 2.45) is 11.8 Å². The van der Waals surface area contributed by atoms with Gasteiger partial charge in [0.15, 0.2) is 0 Å². The highest BCUT2D eigenvalue weighted by Crippen LogP contribution is 2.29. The SMILES string of the molecule is C[C@H]1[C@@H](NC(=O)c2ccc(S(=O)(=O)N3CCCC3)cc2)CCC[C@@H]1C. The van der Waals surface area contributed by atoms with E-state index in [9.17, 15) is 13.2 Å². The highest BCUT2D eigenvalue weighted by Gasteiger charge is 2.29. The Kier molecular flexibility index (Phi) is 5.49. The third kappa shape index (κ3) is 3.90. The Bertz CT molecular complexity index is 709. The van der Waals surface area contributed by atoms with Crippen LogP contribution in [-0.2, 0) is 10.0 Å². The third-order valence-corrected chi connectivity index (χ3v) is 7.76. The lowest BCUT2D eigenvalue weighted by molar-refractivity contribution is 0.0891. The van der Waals surface area contributed by atoms with Crippen LogP contribution >= 0.6 is 0 Å². The minimum absolute atomic E-state index is 0.115. The van der Waals surface area contributed by atoms with Crippen LogP contribution in [0, 0.1) is 11.8 Å². The molecule has 1 N–H and O–H groups in total. The molecule has 1 aromatic carbocycles. The molecule has 1 saturated carbocycles. The number of rotatable bonds is 4. The molecule has 1 aliphatic carbocycles. The molecule has 1 aliphatic heterocycles. The number of hydrogen-bond acceptors (Lipinski definition) is 3. The average Bonchev–Trinajstić information content (AvgIpc) is 3.14. The third-order valence-electron chi connectivity index (χ3n) is 5.84. The van der Waals surface area contributed by atoms with Crippen LogP contribution in [0.4, 0.5) is 0 Å². The number of nitrogens with one attached hydrogen (secondary N) is 1. The number of nitrogens with zero attached hydrogens (tertiary/aromatic N) is 1. The van der Waals surface area contributed by atoms with Crippen molar-refractivity contribution in [2.45, 2.75) is 56.9 Å². The van der Waals surface area contributed by atoms with E-state index in [0.29, 0.717) is 30.5 Å². The fraction of sp³-hybridized carbons (Fsp3) is 0.632. The Morgan fingerprint density at radius 3 is 2.32 bits per heavy atom. The molecule has 2 aliphatic rings. The molecule has 0 radical (unpaired) electrons. The number of hydrogen-bond donors (Lipinski definition) is 1. The number of carbonyl (C=O) groups excluding carboxylic acids is 1. The summed E-state index contributed by atoms with van der Waals surface area (Å²) in [5.74, 6) is 0.968. The van der Waals surface area contributed by atoms with E-state index in [4.69, 9.17) is 0 Å². The summed E-state index contributed by atoms with van der Waals surface area (Å²) in [4.78, 5) is 12.8. The molecule has 138 valence electrons. The summed E-state index contributed by atoms with van der Waals surface area (Å²) in [6, 6.07) is 6.54. The zero-order valence-corrected chi connectivity index (χ0v) is 15.9. The molecule has 1 aromatic rings. The van der Waals surface area contributed by atoms with Crippen molar-refractivity contribution in [1.82, 2.24) is 9.62 Å². The molecule has 3 atom stereocenters. The van der Waals surface area contributed by atoms with Gasteiger partial charge in [0.1, 0.15) is 0 Å². The molecule has 0 unspecified atom stereocenters. The van der Waals surface area contributed by atoms with Crippen molar-refractivity contribution in [3.8, 4) is 0 Å². The first-order chi connectivity index (χ1) is 11.9. The van der Waals surface area contributed by atoms with E-state index < -0.39 is 10.0 Å². The van der Waals surface area contributed by atoms with Crippen molar-refractivity contribution in [3.63, 3.8) is 0 Å². The summed E-state index contributed by atoms with van der Waals surface area (Å²) >= 11 is 0. The van der Waals surface area contributed by atoms with Gasteiger partial charge in [-0.25, -0.2) is 8.42 Å². The van der Waals surface area contributed by atoms with Crippen LogP contribution in [0.5, 0.6) is 0 Å². The van der Waals surface area contributed by atoms with E-state index in [1.807, 2.05) is 0 Å². The standard InChI is InChI=1S/C19H28N2O3S/c1-14-6-5-7-18(15(14)2)20-19(22)16-8-10-17(11-9-16)25(23,24)21-12-3-4-13-21/h8-11,14-15,18H,3-7,12-13H2,1-2H3,(H,20,22)/t14-,15+,18-/m0/s1. The lowest BCUT2D eigenvalue weighted by atomic mass is 9.78. The first-order valence-electron chi connectivity index (χ1n) is 9.30. The number of benzene rings is 1. The van der Waals surface area contributed by atoms with Crippen LogP contribution in [0.25, 0.3) is 0 Å². The quantitative estimate of drug-likeness (QED) is 0.893. The summed E-state index contributed by atoms with van der Waals surface area (Å²) in [7, 11) is -3.42. The van der Waals surface area contributed by atoms with Gasteiger partial charge in [0.05, 0.1) is 4.90 Å². The van der Waals surface area contributed by atoms with Gasteiger partial charge in [-0.1, -0.05) is 26.7 Å². The summed E-state index contributed by atoms with van der Waals surface area (Å²) in [5.41, 5.74) is 0.519. The van der Waals surface area contributed by atoms with Gasteiger partial charge in [0.25, 0.3) is 5.91 Å². The van der Waals surface area contributed by atoms with Gasteiger partial charge in [-0.05, 0) is 55.4 Å². The summed E-state index contributed by atoms with van der Waals surface area (Å²) in [6.07, 6.45) is 5.20. The smallest absolute Gasteiger partial charge is 0.251 e. The number of carbonyl (C=O) groups is 1. The van der Waals surface area contributed by atoms with Gasteiger partial charge in [-0.3, -0.25) is 4.79 Å². The second kappa shape index (κ2) is 7.46. The molecule has 25 heavy (non-hydrogen) atoms. The van der Waals surface area contributed by atoms with Gasteiger partial charge in [-0.15, -0.1) is 0 Å². The van der Waals surface area contributed by atoms with E-state index in [0.717, 1.165) is 25.7 Å². The number of amides is 1. The van der Waals surface area contributed by atoms with Gasteiger partial charge >= 0.3 is 0 Å². The molecule has 0 spiro atoms. The molecule has 0 aromatic heterocycles. The average molecular weight is 365 g/mol. The largest absolute Gasteiger partial charge is 0.349 e. The summed E-state index contributed by atoms with van der Waals surface area (Å²) < 4.78 is 26.6. The Morgan fingerprint density at radius 2 is 1.68 bits per heavy atom. The molecule has 3 rings (SSSR count). The minimum atomic E-state index is -3.42. The molecule has 5 nitrogen and oxygen atoms in total. The van der Waals surface area contributed by atoms with Crippen molar-refractivity contribution in [3.05, 3.63) is 29.8 Å². The maximum absolute atomic E-state index is 12.5. The Labute approximate surface area is 150 Å². The van der Waals surface area contributed by atoms with E-state index in [1.54, 1.807) is 24.3 Å². The van der Waals surface area contributed by atoms with Crippen molar-refractivity contribution >= 4 is 15.9 Å². The van der Waals surface area contributed by atoms with Crippen LogP contribution in [0.1, 0.15) is 56.3 Å². The van der Waals surface area contributed by atoms with Crippen molar-refractivity contribution in [1.29, 1.82) is 0 Å². The summed E-state index contributed by atoms with van der Waals surface area (Å²) in [5, 5.41) is 3.13. The van der Waals surface area contributed by atoms with Gasteiger partial charge in [0, 0.05) is 24.7 Å². The van der Waals surface area contributed by atoms with E-state index in [2.05, 4.69) is 19.2 Å². The van der Waals surface area contributed by atoms with Crippen LogP contribution in [-0.4, -0.2) is 37.8 Å². The Balaban J connectivity index is 1.68.